The van der Waals surface area contributed by atoms with Gasteiger partial charge in [0.1, 0.15) is 17.3 Å². The third-order valence-corrected chi connectivity index (χ3v) is 5.13. The van der Waals surface area contributed by atoms with Gasteiger partial charge in [0, 0.05) is 17.7 Å². The summed E-state index contributed by atoms with van der Waals surface area (Å²) in [6.45, 7) is 3.91. The summed E-state index contributed by atoms with van der Waals surface area (Å²) in [5.41, 5.74) is 1.63. The lowest BCUT2D eigenvalue weighted by atomic mass is 10.2. The van der Waals surface area contributed by atoms with Crippen LogP contribution in [0.15, 0.2) is 34.1 Å². The molecule has 0 aliphatic rings. The Morgan fingerprint density at radius 3 is 2.71 bits per heavy atom. The van der Waals surface area contributed by atoms with E-state index in [1.54, 1.807) is 10.6 Å². The highest BCUT2D eigenvalue weighted by molar-refractivity contribution is 9.11. The second-order valence-corrected chi connectivity index (χ2v) is 8.24. The number of benzene rings is 1. The van der Waals surface area contributed by atoms with Crippen LogP contribution in [0.5, 0.6) is 0 Å². The molecule has 1 N–H and O–H groups in total. The quantitative estimate of drug-likeness (QED) is 0.647. The molecule has 3 nitrogen and oxygen atoms in total. The maximum absolute atomic E-state index is 14.0. The number of hydrogen-bond acceptors (Lipinski definition) is 2. The average molecular weight is 413 g/mol. The van der Waals surface area contributed by atoms with Crippen LogP contribution in [0.2, 0.25) is 0 Å². The first kappa shape index (κ1) is 17.1. The van der Waals surface area contributed by atoms with Crippen LogP contribution in [0.25, 0.3) is 10.2 Å². The number of rotatable bonds is 4. The van der Waals surface area contributed by atoms with Crippen LogP contribution < -0.4 is 5.32 Å². The normalized spacial score (nSPS) is 11.4. The molecule has 0 saturated heterocycles. The van der Waals surface area contributed by atoms with Crippen LogP contribution in [0, 0.1) is 11.6 Å². The highest BCUT2D eigenvalue weighted by atomic mass is 79.9. The lowest BCUT2D eigenvalue weighted by Gasteiger charge is -2.13. The van der Waals surface area contributed by atoms with E-state index >= 15 is 0 Å². The predicted molar refractivity (Wildman–Crippen MR) is 95.6 cm³/mol. The van der Waals surface area contributed by atoms with Gasteiger partial charge < -0.3 is 9.88 Å². The Kier molecular flexibility index (Phi) is 4.73. The Morgan fingerprint density at radius 1 is 1.29 bits per heavy atom. The fraction of sp³-hybridized carbons (Fsp3) is 0.235. The molecular formula is C17H15BrF2N2OS. The molecule has 0 aliphatic carbocycles. The number of halogens is 3. The second-order valence-electron chi connectivity index (χ2n) is 5.78. The molecule has 2 aromatic heterocycles. The van der Waals surface area contributed by atoms with Crippen molar-refractivity contribution in [3.63, 3.8) is 0 Å². The Labute approximate surface area is 150 Å². The molecule has 0 spiro atoms. The smallest absolute Gasteiger partial charge is 0.268 e. The van der Waals surface area contributed by atoms with E-state index in [-0.39, 0.29) is 18.5 Å². The van der Waals surface area contributed by atoms with Gasteiger partial charge in [0.25, 0.3) is 5.91 Å². The monoisotopic (exact) mass is 412 g/mol. The zero-order valence-electron chi connectivity index (χ0n) is 13.1. The van der Waals surface area contributed by atoms with Gasteiger partial charge in [-0.25, -0.2) is 8.78 Å². The summed E-state index contributed by atoms with van der Waals surface area (Å²) in [4.78, 5) is 12.5. The Bertz CT molecular complexity index is 917. The summed E-state index contributed by atoms with van der Waals surface area (Å²) < 4.78 is 30.8. The zero-order chi connectivity index (χ0) is 17.4. The Balaban J connectivity index is 2.07. The minimum absolute atomic E-state index is 0.00632. The zero-order valence-corrected chi connectivity index (χ0v) is 15.5. The number of carbonyl (C=O) groups excluding carboxylic acids is 1. The predicted octanol–water partition coefficient (Wildman–Crippen LogP) is 4.93. The van der Waals surface area contributed by atoms with Crippen LogP contribution in [-0.2, 0) is 6.54 Å². The van der Waals surface area contributed by atoms with Gasteiger partial charge in [-0.15, -0.1) is 11.3 Å². The molecule has 1 aromatic carbocycles. The maximum Gasteiger partial charge on any atom is 0.268 e. The van der Waals surface area contributed by atoms with E-state index in [1.165, 1.54) is 23.5 Å². The van der Waals surface area contributed by atoms with Gasteiger partial charge in [-0.3, -0.25) is 4.79 Å². The lowest BCUT2D eigenvalue weighted by Crippen LogP contribution is -2.31. The fourth-order valence-corrected chi connectivity index (χ4v) is 4.09. The standard InChI is InChI=1S/C17H15BrF2N2OS/c1-9(2)21-17(23)14-6-15-13(7-16(18)24-15)22(14)8-10-3-4-11(19)5-12(10)20/h3-7,9H,8H2,1-2H3,(H,21,23). The van der Waals surface area contributed by atoms with Crippen molar-refractivity contribution in [2.45, 2.75) is 26.4 Å². The molecule has 0 bridgehead atoms. The number of carbonyl (C=O) groups is 1. The highest BCUT2D eigenvalue weighted by Gasteiger charge is 2.19. The van der Waals surface area contributed by atoms with Crippen LogP contribution >= 0.6 is 27.3 Å². The van der Waals surface area contributed by atoms with E-state index in [0.717, 1.165) is 20.1 Å². The third kappa shape index (κ3) is 3.37. The molecule has 126 valence electrons. The summed E-state index contributed by atoms with van der Waals surface area (Å²) in [5, 5.41) is 2.85. The van der Waals surface area contributed by atoms with Gasteiger partial charge in [-0.2, -0.15) is 0 Å². The number of thiophene rings is 1. The maximum atomic E-state index is 14.0. The van der Waals surface area contributed by atoms with Crippen molar-refractivity contribution in [2.24, 2.45) is 0 Å². The fourth-order valence-electron chi connectivity index (χ4n) is 2.53. The largest absolute Gasteiger partial charge is 0.349 e. The van der Waals surface area contributed by atoms with E-state index in [0.29, 0.717) is 11.3 Å². The second kappa shape index (κ2) is 6.64. The average Bonchev–Trinajstić information content (AvgIpc) is 2.98. The first-order chi connectivity index (χ1) is 11.3. The van der Waals surface area contributed by atoms with Crippen molar-refractivity contribution in [2.75, 3.05) is 0 Å². The van der Waals surface area contributed by atoms with Crippen LogP contribution in [0.4, 0.5) is 8.78 Å². The summed E-state index contributed by atoms with van der Waals surface area (Å²) in [6.07, 6.45) is 0. The Hall–Kier alpha value is -1.73. The molecule has 1 amide bonds. The van der Waals surface area contributed by atoms with Gasteiger partial charge in [0.2, 0.25) is 0 Å². The third-order valence-electron chi connectivity index (χ3n) is 3.56. The molecule has 0 fully saturated rings. The minimum Gasteiger partial charge on any atom is -0.349 e. The lowest BCUT2D eigenvalue weighted by molar-refractivity contribution is 0.0934. The summed E-state index contributed by atoms with van der Waals surface area (Å²) in [6, 6.07) is 7.16. The van der Waals surface area contributed by atoms with Crippen molar-refractivity contribution >= 4 is 43.4 Å². The van der Waals surface area contributed by atoms with Crippen molar-refractivity contribution < 1.29 is 13.6 Å². The molecule has 0 radical (unpaired) electrons. The summed E-state index contributed by atoms with van der Waals surface area (Å²) in [5.74, 6) is -1.46. The van der Waals surface area contributed by atoms with E-state index in [4.69, 9.17) is 0 Å². The van der Waals surface area contributed by atoms with Gasteiger partial charge in [-0.1, -0.05) is 6.07 Å². The molecule has 3 aromatic rings. The highest BCUT2D eigenvalue weighted by Crippen LogP contribution is 2.33. The van der Waals surface area contributed by atoms with Crippen LogP contribution in [-0.4, -0.2) is 16.5 Å². The number of nitrogens with one attached hydrogen (secondary N) is 1. The molecule has 0 atom stereocenters. The topological polar surface area (TPSA) is 34.0 Å². The van der Waals surface area contributed by atoms with E-state index < -0.39 is 11.6 Å². The van der Waals surface area contributed by atoms with Crippen molar-refractivity contribution in [1.29, 1.82) is 0 Å². The van der Waals surface area contributed by atoms with Crippen LogP contribution in [0.3, 0.4) is 0 Å². The molecular weight excluding hydrogens is 398 g/mol. The number of fused-ring (bicyclic) bond motifs is 1. The number of amides is 1. The molecule has 0 aliphatic heterocycles. The molecule has 3 rings (SSSR count). The Morgan fingerprint density at radius 2 is 2.04 bits per heavy atom. The van der Waals surface area contributed by atoms with Gasteiger partial charge in [0.15, 0.2) is 0 Å². The summed E-state index contributed by atoms with van der Waals surface area (Å²) in [7, 11) is 0. The van der Waals surface area contributed by atoms with Gasteiger partial charge in [-0.05, 0) is 48.0 Å². The van der Waals surface area contributed by atoms with Gasteiger partial charge >= 0.3 is 0 Å². The molecule has 24 heavy (non-hydrogen) atoms. The number of aromatic nitrogens is 1. The van der Waals surface area contributed by atoms with Crippen molar-refractivity contribution in [3.05, 3.63) is 57.0 Å². The van der Waals surface area contributed by atoms with Crippen molar-refractivity contribution in [1.82, 2.24) is 9.88 Å². The molecule has 2 heterocycles. The number of nitrogens with zero attached hydrogens (tertiary/aromatic N) is 1. The molecule has 0 saturated carbocycles. The summed E-state index contributed by atoms with van der Waals surface area (Å²) >= 11 is 4.93. The first-order valence-corrected chi connectivity index (χ1v) is 8.99. The number of hydrogen-bond donors (Lipinski definition) is 1. The van der Waals surface area contributed by atoms with Gasteiger partial charge in [0.05, 0.1) is 20.5 Å². The molecule has 7 heteroatoms. The SMILES string of the molecule is CC(C)NC(=O)c1cc2sc(Br)cc2n1Cc1ccc(F)cc1F. The van der Waals surface area contributed by atoms with E-state index in [9.17, 15) is 13.6 Å². The van der Waals surface area contributed by atoms with Crippen LogP contribution in [0.1, 0.15) is 29.9 Å². The molecule has 0 unspecified atom stereocenters. The van der Waals surface area contributed by atoms with E-state index in [1.807, 2.05) is 19.9 Å². The van der Waals surface area contributed by atoms with Crippen molar-refractivity contribution in [3.8, 4) is 0 Å². The first-order valence-electron chi connectivity index (χ1n) is 7.38. The minimum atomic E-state index is -0.624. The van der Waals surface area contributed by atoms with E-state index in [2.05, 4.69) is 21.2 Å².